The van der Waals surface area contributed by atoms with Crippen LogP contribution in [0.5, 0.6) is 0 Å². The van der Waals surface area contributed by atoms with E-state index in [1.165, 1.54) is 0 Å². The van der Waals surface area contributed by atoms with Crippen LogP contribution in [-0.2, 0) is 0 Å². The molecule has 0 fully saturated rings. The second-order valence-corrected chi connectivity index (χ2v) is 2.56. The number of aromatic nitrogens is 1. The summed E-state index contributed by atoms with van der Waals surface area (Å²) in [5.74, 6) is 0. The molecule has 0 N–H and O–H groups in total. The number of hydrogen-bond donors (Lipinski definition) is 0. The fourth-order valence-corrected chi connectivity index (χ4v) is 1.23. The van der Waals surface area contributed by atoms with Gasteiger partial charge in [0.1, 0.15) is 0 Å². The van der Waals surface area contributed by atoms with Crippen LogP contribution in [-0.4, -0.2) is 4.98 Å². The standard InChI is InChI=1S/C9H6N4/c10-13-12-9-3-1-2-7-4-5-11-6-8(7)9/h1-6H. The molecule has 1 aromatic carbocycles. The van der Waals surface area contributed by atoms with E-state index in [9.17, 15) is 0 Å². The first kappa shape index (κ1) is 7.58. The Morgan fingerprint density at radius 1 is 1.31 bits per heavy atom. The summed E-state index contributed by atoms with van der Waals surface area (Å²) in [6.07, 6.45) is 3.40. The van der Waals surface area contributed by atoms with Crippen molar-refractivity contribution in [3.05, 3.63) is 47.1 Å². The Kier molecular flexibility index (Phi) is 1.82. The van der Waals surface area contributed by atoms with Gasteiger partial charge in [-0.2, -0.15) is 0 Å². The van der Waals surface area contributed by atoms with E-state index in [2.05, 4.69) is 15.0 Å². The molecule has 1 aromatic heterocycles. The molecule has 0 spiro atoms. The normalized spacial score (nSPS) is 9.54. The van der Waals surface area contributed by atoms with E-state index in [0.29, 0.717) is 5.69 Å². The number of rotatable bonds is 1. The van der Waals surface area contributed by atoms with Gasteiger partial charge in [-0.25, -0.2) is 0 Å². The Balaban J connectivity index is 2.82. The molecule has 4 heteroatoms. The number of nitrogens with zero attached hydrogens (tertiary/aromatic N) is 4. The van der Waals surface area contributed by atoms with Gasteiger partial charge in [0.2, 0.25) is 0 Å². The van der Waals surface area contributed by atoms with Crippen LogP contribution in [0.25, 0.3) is 21.2 Å². The van der Waals surface area contributed by atoms with Gasteiger partial charge in [-0.05, 0) is 17.0 Å². The van der Waals surface area contributed by atoms with Gasteiger partial charge in [-0.15, -0.1) is 0 Å². The van der Waals surface area contributed by atoms with Crippen LogP contribution in [0.2, 0.25) is 0 Å². The average molecular weight is 170 g/mol. The first-order valence-electron chi connectivity index (χ1n) is 3.79. The number of azide groups is 1. The van der Waals surface area contributed by atoms with Crippen molar-refractivity contribution in [1.82, 2.24) is 4.98 Å². The lowest BCUT2D eigenvalue weighted by Crippen LogP contribution is -1.74. The molecule has 2 rings (SSSR count). The van der Waals surface area contributed by atoms with Crippen LogP contribution in [0.15, 0.2) is 41.8 Å². The minimum Gasteiger partial charge on any atom is -0.264 e. The molecule has 0 aliphatic rings. The zero-order valence-electron chi connectivity index (χ0n) is 6.75. The maximum Gasteiger partial charge on any atom is 0.0469 e. The van der Waals surface area contributed by atoms with Gasteiger partial charge in [-0.3, -0.25) is 4.98 Å². The minimum atomic E-state index is 0.619. The summed E-state index contributed by atoms with van der Waals surface area (Å²) in [7, 11) is 0. The smallest absolute Gasteiger partial charge is 0.0469 e. The van der Waals surface area contributed by atoms with Gasteiger partial charge in [0.15, 0.2) is 0 Å². The fraction of sp³-hybridized carbons (Fsp3) is 0. The first-order chi connectivity index (χ1) is 6.42. The molecule has 4 nitrogen and oxygen atoms in total. The predicted molar refractivity (Wildman–Crippen MR) is 50.5 cm³/mol. The van der Waals surface area contributed by atoms with Gasteiger partial charge in [0, 0.05) is 28.4 Å². The largest absolute Gasteiger partial charge is 0.264 e. The molecular weight excluding hydrogens is 164 g/mol. The van der Waals surface area contributed by atoms with E-state index in [0.717, 1.165) is 10.8 Å². The zero-order chi connectivity index (χ0) is 9.10. The Morgan fingerprint density at radius 3 is 3.08 bits per heavy atom. The first-order valence-corrected chi connectivity index (χ1v) is 3.79. The highest BCUT2D eigenvalue weighted by molar-refractivity contribution is 5.91. The second-order valence-electron chi connectivity index (χ2n) is 2.56. The summed E-state index contributed by atoms with van der Waals surface area (Å²) in [4.78, 5) is 6.73. The van der Waals surface area contributed by atoms with Gasteiger partial charge in [0.05, 0.1) is 0 Å². The lowest BCUT2D eigenvalue weighted by atomic mass is 10.1. The summed E-state index contributed by atoms with van der Waals surface area (Å²) in [5.41, 5.74) is 8.94. The van der Waals surface area contributed by atoms with Gasteiger partial charge < -0.3 is 0 Å². The van der Waals surface area contributed by atoms with E-state index in [1.54, 1.807) is 18.5 Å². The number of pyridine rings is 1. The predicted octanol–water partition coefficient (Wildman–Crippen LogP) is 3.18. The molecule has 62 valence electrons. The molecular formula is C9H6N4. The number of hydrogen-bond acceptors (Lipinski definition) is 2. The highest BCUT2D eigenvalue weighted by Crippen LogP contribution is 2.24. The highest BCUT2D eigenvalue weighted by atomic mass is 15.1. The third-order valence-corrected chi connectivity index (χ3v) is 1.81. The molecule has 2 aromatic rings. The summed E-state index contributed by atoms with van der Waals surface area (Å²) >= 11 is 0. The van der Waals surface area contributed by atoms with E-state index in [1.807, 2.05) is 18.2 Å². The molecule has 0 bridgehead atoms. The van der Waals surface area contributed by atoms with Crippen molar-refractivity contribution < 1.29 is 0 Å². The van der Waals surface area contributed by atoms with Crippen LogP contribution in [0.1, 0.15) is 0 Å². The van der Waals surface area contributed by atoms with Gasteiger partial charge in [-0.1, -0.05) is 23.3 Å². The Labute approximate surface area is 74.5 Å². The van der Waals surface area contributed by atoms with Crippen molar-refractivity contribution in [3.63, 3.8) is 0 Å². The monoisotopic (exact) mass is 170 g/mol. The van der Waals surface area contributed by atoms with Crippen molar-refractivity contribution in [2.75, 3.05) is 0 Å². The molecule has 0 amide bonds. The number of benzene rings is 1. The quantitative estimate of drug-likeness (QED) is 0.368. The van der Waals surface area contributed by atoms with E-state index in [-0.39, 0.29) is 0 Å². The van der Waals surface area contributed by atoms with Crippen molar-refractivity contribution in [1.29, 1.82) is 0 Å². The van der Waals surface area contributed by atoms with E-state index < -0.39 is 0 Å². The summed E-state index contributed by atoms with van der Waals surface area (Å²) in [6, 6.07) is 7.45. The average Bonchev–Trinajstić information content (AvgIpc) is 2.19. The maximum absolute atomic E-state index is 8.32. The molecule has 0 atom stereocenters. The topological polar surface area (TPSA) is 61.7 Å². The van der Waals surface area contributed by atoms with Crippen LogP contribution in [0, 0.1) is 0 Å². The SMILES string of the molecule is [N-]=[N+]=Nc1cccc2ccncc12. The molecule has 13 heavy (non-hydrogen) atoms. The minimum absolute atomic E-state index is 0.619. The fourth-order valence-electron chi connectivity index (χ4n) is 1.23. The highest BCUT2D eigenvalue weighted by Gasteiger charge is 1.96. The van der Waals surface area contributed by atoms with Crippen molar-refractivity contribution in [2.45, 2.75) is 0 Å². The zero-order valence-corrected chi connectivity index (χ0v) is 6.75. The number of fused-ring (bicyclic) bond motifs is 1. The van der Waals surface area contributed by atoms with Gasteiger partial charge >= 0.3 is 0 Å². The molecule has 0 aliphatic carbocycles. The van der Waals surface area contributed by atoms with E-state index >= 15 is 0 Å². The van der Waals surface area contributed by atoms with Crippen molar-refractivity contribution in [3.8, 4) is 0 Å². The summed E-state index contributed by atoms with van der Waals surface area (Å²) < 4.78 is 0. The molecule has 0 aliphatic heterocycles. The molecule has 0 saturated heterocycles. The maximum atomic E-state index is 8.32. The van der Waals surface area contributed by atoms with Crippen molar-refractivity contribution in [2.24, 2.45) is 5.11 Å². The van der Waals surface area contributed by atoms with Gasteiger partial charge in [0.25, 0.3) is 0 Å². The Hall–Kier alpha value is -2.06. The van der Waals surface area contributed by atoms with Crippen LogP contribution >= 0.6 is 0 Å². The third-order valence-electron chi connectivity index (χ3n) is 1.81. The van der Waals surface area contributed by atoms with Crippen LogP contribution in [0.4, 0.5) is 5.69 Å². The third kappa shape index (κ3) is 1.30. The second kappa shape index (κ2) is 3.13. The van der Waals surface area contributed by atoms with Crippen molar-refractivity contribution >= 4 is 16.5 Å². The Bertz CT molecular complexity index is 480. The lowest BCUT2D eigenvalue weighted by molar-refractivity contribution is 1.36. The Morgan fingerprint density at radius 2 is 2.23 bits per heavy atom. The molecule has 0 radical (unpaired) electrons. The molecule has 0 unspecified atom stereocenters. The molecule has 0 saturated carbocycles. The molecule has 1 heterocycles. The van der Waals surface area contributed by atoms with Crippen LogP contribution in [0.3, 0.4) is 0 Å². The summed E-state index contributed by atoms with van der Waals surface area (Å²) in [5, 5.41) is 5.48. The lowest BCUT2D eigenvalue weighted by Gasteiger charge is -1.98. The van der Waals surface area contributed by atoms with E-state index in [4.69, 9.17) is 5.53 Å². The summed E-state index contributed by atoms with van der Waals surface area (Å²) in [6.45, 7) is 0. The van der Waals surface area contributed by atoms with Crippen LogP contribution < -0.4 is 0 Å².